The third-order valence-corrected chi connectivity index (χ3v) is 4.53. The van der Waals surface area contributed by atoms with E-state index in [0.717, 1.165) is 4.90 Å². The Bertz CT molecular complexity index is 827. The van der Waals surface area contributed by atoms with E-state index in [1.165, 1.54) is 6.92 Å². The first-order valence-electron chi connectivity index (χ1n) is 8.35. The number of hydrogen-bond donors (Lipinski definition) is 1. The fourth-order valence-corrected chi connectivity index (χ4v) is 3.18. The van der Waals surface area contributed by atoms with Gasteiger partial charge in [0, 0.05) is 0 Å². The lowest BCUT2D eigenvalue weighted by Gasteiger charge is -2.28. The van der Waals surface area contributed by atoms with Gasteiger partial charge in [-0.2, -0.15) is 0 Å². The molecule has 0 saturated carbocycles. The normalized spacial score (nSPS) is 15.4. The molecule has 0 bridgehead atoms. The number of nitrogens with zero attached hydrogens (tertiary/aromatic N) is 1. The number of benzene rings is 2. The van der Waals surface area contributed by atoms with E-state index in [2.05, 4.69) is 5.32 Å². The number of imide groups is 1. The molecule has 27 heavy (non-hydrogen) atoms. The molecule has 3 rings (SSSR count). The minimum atomic E-state index is -1.43. The summed E-state index contributed by atoms with van der Waals surface area (Å²) in [6.07, 6.45) is 0. The quantitative estimate of drug-likeness (QED) is 0.789. The standard InChI is InChI=1S/C20H20N2O5/c1-13(23)12-22-18(24)20(21-19(22)25,14-4-8-16(26-2)9-5-14)15-6-10-17(27-3)11-7-15/h4-11H,12H2,1-3H3,(H,21,25). The molecule has 1 heterocycles. The Morgan fingerprint density at radius 1 is 0.926 bits per heavy atom. The second-order valence-electron chi connectivity index (χ2n) is 6.23. The van der Waals surface area contributed by atoms with Gasteiger partial charge in [-0.05, 0) is 42.3 Å². The SMILES string of the molecule is COc1ccc(C2(c3ccc(OC)cc3)NC(=O)N(CC(C)=O)C2=O)cc1. The number of amides is 3. The molecular formula is C20H20N2O5. The molecule has 1 aliphatic rings. The Morgan fingerprint density at radius 2 is 1.37 bits per heavy atom. The van der Waals surface area contributed by atoms with Crippen molar-refractivity contribution in [2.24, 2.45) is 0 Å². The van der Waals surface area contributed by atoms with Crippen LogP contribution < -0.4 is 14.8 Å². The van der Waals surface area contributed by atoms with Gasteiger partial charge in [-0.15, -0.1) is 0 Å². The molecule has 1 saturated heterocycles. The lowest BCUT2D eigenvalue weighted by molar-refractivity contribution is -0.133. The first kappa shape index (κ1) is 18.4. The largest absolute Gasteiger partial charge is 0.497 e. The van der Waals surface area contributed by atoms with Crippen molar-refractivity contribution in [3.8, 4) is 11.5 Å². The molecule has 140 valence electrons. The van der Waals surface area contributed by atoms with Crippen LogP contribution in [0.5, 0.6) is 11.5 Å². The van der Waals surface area contributed by atoms with Crippen molar-refractivity contribution in [3.63, 3.8) is 0 Å². The number of nitrogens with one attached hydrogen (secondary N) is 1. The number of rotatable bonds is 6. The average Bonchev–Trinajstić information content (AvgIpc) is 2.93. The molecule has 0 atom stereocenters. The van der Waals surface area contributed by atoms with Crippen LogP contribution >= 0.6 is 0 Å². The number of Topliss-reactive ketones (excluding diaryl/α,β-unsaturated/α-hetero) is 1. The molecule has 2 aromatic rings. The molecule has 0 unspecified atom stereocenters. The molecular weight excluding hydrogens is 348 g/mol. The van der Waals surface area contributed by atoms with E-state index in [-0.39, 0.29) is 12.3 Å². The van der Waals surface area contributed by atoms with Crippen LogP contribution in [-0.4, -0.2) is 43.4 Å². The summed E-state index contributed by atoms with van der Waals surface area (Å²) in [4.78, 5) is 38.3. The minimum absolute atomic E-state index is 0.279. The summed E-state index contributed by atoms with van der Waals surface area (Å²) in [6.45, 7) is 1.06. The molecule has 3 amide bonds. The van der Waals surface area contributed by atoms with Gasteiger partial charge in [-0.25, -0.2) is 4.79 Å². The van der Waals surface area contributed by atoms with Gasteiger partial charge in [0.1, 0.15) is 17.3 Å². The number of ether oxygens (including phenoxy) is 2. The molecule has 0 spiro atoms. The van der Waals surface area contributed by atoms with Crippen molar-refractivity contribution >= 4 is 17.7 Å². The zero-order chi connectivity index (χ0) is 19.6. The number of hydrogen-bond acceptors (Lipinski definition) is 5. The van der Waals surface area contributed by atoms with E-state index in [1.54, 1.807) is 62.8 Å². The molecule has 0 radical (unpaired) electrons. The predicted octanol–water partition coefficient (Wildman–Crippen LogP) is 2.09. The Morgan fingerprint density at radius 3 is 1.74 bits per heavy atom. The van der Waals surface area contributed by atoms with Gasteiger partial charge in [0.25, 0.3) is 5.91 Å². The molecule has 2 aromatic carbocycles. The number of methoxy groups -OCH3 is 2. The molecule has 1 N–H and O–H groups in total. The summed E-state index contributed by atoms with van der Waals surface area (Å²) in [5.41, 5.74) is -0.291. The maximum Gasteiger partial charge on any atom is 0.325 e. The van der Waals surface area contributed by atoms with Gasteiger partial charge < -0.3 is 14.8 Å². The maximum absolute atomic E-state index is 13.3. The van der Waals surface area contributed by atoms with Crippen LogP contribution in [-0.2, 0) is 15.1 Å². The average molecular weight is 368 g/mol. The highest BCUT2D eigenvalue weighted by molar-refractivity contribution is 6.11. The molecule has 7 heteroatoms. The van der Waals surface area contributed by atoms with Gasteiger partial charge in [-0.1, -0.05) is 24.3 Å². The summed E-state index contributed by atoms with van der Waals surface area (Å²) >= 11 is 0. The van der Waals surface area contributed by atoms with Crippen LogP contribution in [0.2, 0.25) is 0 Å². The molecule has 7 nitrogen and oxygen atoms in total. The second-order valence-corrected chi connectivity index (χ2v) is 6.23. The summed E-state index contributed by atoms with van der Waals surface area (Å²) in [6, 6.07) is 13.1. The monoisotopic (exact) mass is 368 g/mol. The molecule has 0 aliphatic carbocycles. The highest BCUT2D eigenvalue weighted by Gasteiger charge is 2.53. The van der Waals surface area contributed by atoms with Gasteiger partial charge >= 0.3 is 6.03 Å². The van der Waals surface area contributed by atoms with E-state index in [9.17, 15) is 14.4 Å². The number of carbonyl (C=O) groups is 3. The highest BCUT2D eigenvalue weighted by Crippen LogP contribution is 2.37. The third-order valence-electron chi connectivity index (χ3n) is 4.53. The van der Waals surface area contributed by atoms with Crippen molar-refractivity contribution in [2.75, 3.05) is 20.8 Å². The van der Waals surface area contributed by atoms with Crippen molar-refractivity contribution in [1.82, 2.24) is 10.2 Å². The zero-order valence-corrected chi connectivity index (χ0v) is 15.3. The van der Waals surface area contributed by atoms with Crippen LogP contribution in [0.25, 0.3) is 0 Å². The number of urea groups is 1. The van der Waals surface area contributed by atoms with Gasteiger partial charge in [0.15, 0.2) is 5.54 Å². The van der Waals surface area contributed by atoms with Crippen molar-refractivity contribution in [2.45, 2.75) is 12.5 Å². The summed E-state index contributed by atoms with van der Waals surface area (Å²) in [7, 11) is 3.09. The fraction of sp³-hybridized carbons (Fsp3) is 0.250. The van der Waals surface area contributed by atoms with Crippen molar-refractivity contribution in [1.29, 1.82) is 0 Å². The Labute approximate surface area is 156 Å². The lowest BCUT2D eigenvalue weighted by Crippen LogP contribution is -2.45. The smallest absolute Gasteiger partial charge is 0.325 e. The van der Waals surface area contributed by atoms with Crippen LogP contribution in [0.4, 0.5) is 4.79 Å². The van der Waals surface area contributed by atoms with E-state index < -0.39 is 17.5 Å². The Balaban J connectivity index is 2.15. The topological polar surface area (TPSA) is 84.9 Å². The van der Waals surface area contributed by atoms with Crippen LogP contribution in [0.15, 0.2) is 48.5 Å². The molecule has 0 aromatic heterocycles. The third kappa shape index (κ3) is 3.12. The summed E-state index contributed by atoms with van der Waals surface area (Å²) < 4.78 is 10.4. The fourth-order valence-electron chi connectivity index (χ4n) is 3.18. The maximum atomic E-state index is 13.3. The Kier molecular flexibility index (Phi) is 4.85. The minimum Gasteiger partial charge on any atom is -0.497 e. The first-order valence-corrected chi connectivity index (χ1v) is 8.35. The predicted molar refractivity (Wildman–Crippen MR) is 97.7 cm³/mol. The number of carbonyl (C=O) groups excluding carboxylic acids is 3. The van der Waals surface area contributed by atoms with E-state index in [4.69, 9.17) is 9.47 Å². The van der Waals surface area contributed by atoms with Crippen molar-refractivity contribution in [3.05, 3.63) is 59.7 Å². The van der Waals surface area contributed by atoms with E-state index in [0.29, 0.717) is 22.6 Å². The van der Waals surface area contributed by atoms with E-state index >= 15 is 0 Å². The molecule has 1 fully saturated rings. The van der Waals surface area contributed by atoms with Crippen molar-refractivity contribution < 1.29 is 23.9 Å². The van der Waals surface area contributed by atoms with Crippen LogP contribution in [0.1, 0.15) is 18.1 Å². The highest BCUT2D eigenvalue weighted by atomic mass is 16.5. The summed E-state index contributed by atoms with van der Waals surface area (Å²) in [5.74, 6) is 0.471. The molecule has 1 aliphatic heterocycles. The summed E-state index contributed by atoms with van der Waals surface area (Å²) in [5, 5.41) is 2.78. The zero-order valence-electron chi connectivity index (χ0n) is 15.3. The number of ketones is 1. The van der Waals surface area contributed by atoms with E-state index in [1.807, 2.05) is 0 Å². The first-order chi connectivity index (χ1) is 12.9. The van der Waals surface area contributed by atoms with Gasteiger partial charge in [0.2, 0.25) is 0 Å². The lowest BCUT2D eigenvalue weighted by atomic mass is 9.82. The van der Waals surface area contributed by atoms with Gasteiger partial charge in [-0.3, -0.25) is 14.5 Å². The second kappa shape index (κ2) is 7.11. The van der Waals surface area contributed by atoms with Crippen LogP contribution in [0.3, 0.4) is 0 Å². The Hall–Kier alpha value is -3.35. The van der Waals surface area contributed by atoms with Gasteiger partial charge in [0.05, 0.1) is 20.8 Å². The van der Waals surface area contributed by atoms with Crippen LogP contribution in [0, 0.1) is 0 Å².